The second-order valence-corrected chi connectivity index (χ2v) is 11.6. The third-order valence-electron chi connectivity index (χ3n) is 8.37. The topological polar surface area (TPSA) is 113 Å². The van der Waals surface area contributed by atoms with Gasteiger partial charge in [0.05, 0.1) is 22.5 Å². The molecule has 0 spiro atoms. The molecule has 7 rings (SSSR count). The number of pyridine rings is 1. The number of piperazine rings is 1. The number of halogens is 2. The molecule has 0 unspecified atom stereocenters. The lowest BCUT2D eigenvalue weighted by molar-refractivity contribution is -0.126. The Morgan fingerprint density at radius 3 is 2.76 bits per heavy atom. The van der Waals surface area contributed by atoms with Gasteiger partial charge in [-0.2, -0.15) is 15.1 Å². The first-order chi connectivity index (χ1) is 20.4. The molecule has 11 nitrogen and oxygen atoms in total. The third kappa shape index (κ3) is 4.88. The van der Waals surface area contributed by atoms with Gasteiger partial charge in [0, 0.05) is 57.4 Å². The highest BCUT2D eigenvalue weighted by Gasteiger charge is 2.43. The summed E-state index contributed by atoms with van der Waals surface area (Å²) in [7, 11) is 2.10. The standard InChI is InChI=1S/C29H30ClFN8O3/c1-3-23(40)38-8-10-39(11-9-38)27-17-6-7-32-28(42-26-18-13-33-36-21(18)12-20(31)24(26)30)25(17)34-29(35-27)41-22-15-37(2)14-19(22)16-4-5-16/h3,6-7,12-13,16,19,22H,1,4-5,8-11,14-15H2,2H3,(H,33,36)/t19-,22+/m0/s1. The summed E-state index contributed by atoms with van der Waals surface area (Å²) in [5.41, 5.74) is 0.850. The Morgan fingerprint density at radius 2 is 2.00 bits per heavy atom. The fourth-order valence-electron chi connectivity index (χ4n) is 6.06. The number of aromatic amines is 1. The van der Waals surface area contributed by atoms with E-state index in [4.69, 9.17) is 31.0 Å². The molecule has 5 heterocycles. The van der Waals surface area contributed by atoms with Gasteiger partial charge < -0.3 is 24.2 Å². The SMILES string of the molecule is C=CC(=O)N1CCN(c2nc(O[C@@H]3CN(C)C[C@H]3C3CC3)nc3c(Oc4c(Cl)c(F)cc5[nH]ncc45)nccc23)CC1. The normalized spacial score (nSPS) is 21.3. The van der Waals surface area contributed by atoms with Gasteiger partial charge in [-0.15, -0.1) is 0 Å². The quantitative estimate of drug-likeness (QED) is 0.318. The van der Waals surface area contributed by atoms with Crippen LogP contribution in [0.4, 0.5) is 10.2 Å². The second kappa shape index (κ2) is 10.7. The van der Waals surface area contributed by atoms with Gasteiger partial charge in [0.1, 0.15) is 28.3 Å². The van der Waals surface area contributed by atoms with Crippen LogP contribution in [-0.2, 0) is 4.79 Å². The van der Waals surface area contributed by atoms with Crippen molar-refractivity contribution in [3.05, 3.63) is 48.0 Å². The van der Waals surface area contributed by atoms with Crippen LogP contribution < -0.4 is 14.4 Å². The highest BCUT2D eigenvalue weighted by molar-refractivity contribution is 6.33. The molecule has 13 heteroatoms. The lowest BCUT2D eigenvalue weighted by atomic mass is 10.0. The molecule has 1 aliphatic carbocycles. The smallest absolute Gasteiger partial charge is 0.319 e. The van der Waals surface area contributed by atoms with Crippen LogP contribution in [0.2, 0.25) is 5.02 Å². The van der Waals surface area contributed by atoms with E-state index in [-0.39, 0.29) is 34.7 Å². The third-order valence-corrected chi connectivity index (χ3v) is 8.73. The molecule has 4 aromatic rings. The monoisotopic (exact) mass is 592 g/mol. The summed E-state index contributed by atoms with van der Waals surface area (Å²) in [6.45, 7) is 7.54. The molecule has 2 saturated heterocycles. The number of ether oxygens (including phenoxy) is 2. The number of anilines is 1. The number of hydrogen-bond donors (Lipinski definition) is 1. The molecule has 1 saturated carbocycles. The lowest BCUT2D eigenvalue weighted by Crippen LogP contribution is -2.48. The Morgan fingerprint density at radius 1 is 1.19 bits per heavy atom. The van der Waals surface area contributed by atoms with Gasteiger partial charge in [-0.05, 0) is 37.9 Å². The minimum atomic E-state index is -0.647. The largest absolute Gasteiger partial charge is 0.458 e. The van der Waals surface area contributed by atoms with Crippen molar-refractivity contribution in [3.8, 4) is 17.6 Å². The van der Waals surface area contributed by atoms with E-state index in [1.54, 1.807) is 11.1 Å². The van der Waals surface area contributed by atoms with Crippen molar-refractivity contribution in [2.75, 3.05) is 51.2 Å². The minimum absolute atomic E-state index is 0.0425. The van der Waals surface area contributed by atoms with Crippen LogP contribution in [0, 0.1) is 17.7 Å². The van der Waals surface area contributed by atoms with Crippen molar-refractivity contribution < 1.29 is 18.7 Å². The van der Waals surface area contributed by atoms with Crippen LogP contribution in [0.5, 0.6) is 17.6 Å². The minimum Gasteiger partial charge on any atom is -0.458 e. The van der Waals surface area contributed by atoms with Gasteiger partial charge in [0.2, 0.25) is 11.8 Å². The fourth-order valence-corrected chi connectivity index (χ4v) is 6.26. The zero-order chi connectivity index (χ0) is 29.0. The fraction of sp³-hybridized carbons (Fsp3) is 0.414. The molecule has 218 valence electrons. The number of likely N-dealkylation sites (N-methyl/N-ethyl adjacent to an activating group) is 1. The summed E-state index contributed by atoms with van der Waals surface area (Å²) >= 11 is 6.37. The van der Waals surface area contributed by atoms with Crippen LogP contribution in [0.3, 0.4) is 0 Å². The number of nitrogens with zero attached hydrogens (tertiary/aromatic N) is 7. The van der Waals surface area contributed by atoms with E-state index >= 15 is 0 Å². The Balaban J connectivity index is 1.30. The Kier molecular flexibility index (Phi) is 6.82. The van der Waals surface area contributed by atoms with Crippen LogP contribution in [-0.4, -0.2) is 93.3 Å². The number of likely N-dealkylation sites (tertiary alicyclic amines) is 1. The predicted molar refractivity (Wildman–Crippen MR) is 156 cm³/mol. The van der Waals surface area contributed by atoms with Crippen molar-refractivity contribution in [1.82, 2.24) is 34.9 Å². The van der Waals surface area contributed by atoms with E-state index in [9.17, 15) is 9.18 Å². The number of nitrogens with one attached hydrogen (secondary N) is 1. The Bertz CT molecular complexity index is 1690. The molecule has 2 atom stereocenters. The Labute approximate surface area is 246 Å². The van der Waals surface area contributed by atoms with Crippen molar-refractivity contribution >= 4 is 45.1 Å². The molecule has 2 aliphatic heterocycles. The molecule has 1 amide bonds. The molecule has 3 aliphatic rings. The number of H-pyrrole nitrogens is 1. The number of fused-ring (bicyclic) bond motifs is 2. The van der Waals surface area contributed by atoms with Crippen LogP contribution >= 0.6 is 11.6 Å². The highest BCUT2D eigenvalue weighted by Crippen LogP contribution is 2.43. The zero-order valence-electron chi connectivity index (χ0n) is 23.1. The summed E-state index contributed by atoms with van der Waals surface area (Å²) in [6, 6.07) is 3.32. The predicted octanol–water partition coefficient (Wildman–Crippen LogP) is 4.04. The maximum absolute atomic E-state index is 14.7. The zero-order valence-corrected chi connectivity index (χ0v) is 23.8. The average molecular weight is 593 g/mol. The van der Waals surface area contributed by atoms with Gasteiger partial charge >= 0.3 is 6.01 Å². The summed E-state index contributed by atoms with van der Waals surface area (Å²) < 4.78 is 27.4. The highest BCUT2D eigenvalue weighted by atomic mass is 35.5. The molecule has 3 aromatic heterocycles. The number of benzene rings is 1. The molecular weight excluding hydrogens is 563 g/mol. The van der Waals surface area contributed by atoms with Gasteiger partial charge in [0.25, 0.3) is 0 Å². The summed E-state index contributed by atoms with van der Waals surface area (Å²) in [6.07, 6.45) is 6.84. The maximum Gasteiger partial charge on any atom is 0.319 e. The van der Waals surface area contributed by atoms with Crippen LogP contribution in [0.25, 0.3) is 21.8 Å². The first kappa shape index (κ1) is 26.8. The van der Waals surface area contributed by atoms with E-state index < -0.39 is 5.82 Å². The number of hydrogen-bond acceptors (Lipinski definition) is 9. The van der Waals surface area contributed by atoms with Gasteiger partial charge in [-0.25, -0.2) is 9.37 Å². The van der Waals surface area contributed by atoms with Gasteiger partial charge in [-0.1, -0.05) is 18.2 Å². The lowest BCUT2D eigenvalue weighted by Gasteiger charge is -2.35. The number of amides is 1. The van der Waals surface area contributed by atoms with Crippen molar-refractivity contribution in [2.24, 2.45) is 11.8 Å². The molecule has 3 fully saturated rings. The molecule has 1 N–H and O–H groups in total. The number of rotatable bonds is 7. The molecule has 0 bridgehead atoms. The average Bonchev–Trinajstić information content (AvgIpc) is 3.63. The second-order valence-electron chi connectivity index (χ2n) is 11.2. The first-order valence-electron chi connectivity index (χ1n) is 14.1. The van der Waals surface area contributed by atoms with E-state index in [2.05, 4.69) is 38.6 Å². The van der Waals surface area contributed by atoms with Gasteiger partial charge in [-0.3, -0.25) is 9.89 Å². The van der Waals surface area contributed by atoms with Crippen molar-refractivity contribution in [1.29, 1.82) is 0 Å². The van der Waals surface area contributed by atoms with Crippen molar-refractivity contribution in [2.45, 2.75) is 18.9 Å². The van der Waals surface area contributed by atoms with E-state index in [0.29, 0.717) is 65.6 Å². The first-order valence-corrected chi connectivity index (χ1v) is 14.4. The van der Waals surface area contributed by atoms with E-state index in [1.807, 2.05) is 6.07 Å². The molecule has 0 radical (unpaired) electrons. The summed E-state index contributed by atoms with van der Waals surface area (Å²) in [5, 5.41) is 7.78. The number of carbonyl (C=O) groups excluding carboxylic acids is 1. The van der Waals surface area contributed by atoms with Crippen LogP contribution in [0.1, 0.15) is 12.8 Å². The maximum atomic E-state index is 14.7. The molecule has 1 aromatic carbocycles. The molecular formula is C29H30ClFN8O3. The summed E-state index contributed by atoms with van der Waals surface area (Å²) in [4.78, 5) is 32.5. The van der Waals surface area contributed by atoms with Gasteiger partial charge in [0.15, 0.2) is 5.75 Å². The van der Waals surface area contributed by atoms with Crippen molar-refractivity contribution in [3.63, 3.8) is 0 Å². The van der Waals surface area contributed by atoms with E-state index in [0.717, 1.165) is 13.1 Å². The Hall–Kier alpha value is -4.03. The number of carbonyl (C=O) groups is 1. The van der Waals surface area contributed by atoms with Crippen LogP contribution in [0.15, 0.2) is 37.2 Å². The number of aromatic nitrogens is 5. The van der Waals surface area contributed by atoms with E-state index in [1.165, 1.54) is 31.2 Å². The summed E-state index contributed by atoms with van der Waals surface area (Å²) in [5.74, 6) is 1.21. The molecule has 42 heavy (non-hydrogen) atoms.